The van der Waals surface area contributed by atoms with Gasteiger partial charge in [-0.25, -0.2) is 0 Å². The Kier molecular flexibility index (Phi) is 3.67. The predicted octanol–water partition coefficient (Wildman–Crippen LogP) is 8.31. The zero-order valence-electron chi connectivity index (χ0n) is 17.5. The average molecular weight is 430 g/mol. The minimum absolute atomic E-state index is 0.867. The highest BCUT2D eigenvalue weighted by atomic mass is 32.1. The summed E-state index contributed by atoms with van der Waals surface area (Å²) in [6.45, 7) is 0. The molecule has 0 aliphatic heterocycles. The van der Waals surface area contributed by atoms with E-state index >= 15 is 0 Å². The molecule has 0 aliphatic carbocycles. The monoisotopic (exact) mass is 429 g/mol. The van der Waals surface area contributed by atoms with Gasteiger partial charge in [0.2, 0.25) is 0 Å². The molecule has 0 bridgehead atoms. The molecule has 7 rings (SSSR count). The molecule has 0 radical (unpaired) electrons. The van der Waals surface area contributed by atoms with Gasteiger partial charge in [-0.3, -0.25) is 0 Å². The molecule has 5 aromatic carbocycles. The van der Waals surface area contributed by atoms with E-state index in [9.17, 15) is 0 Å². The molecule has 0 amide bonds. The van der Waals surface area contributed by atoms with Gasteiger partial charge >= 0.3 is 0 Å². The first-order chi connectivity index (χ1) is 15.8. The lowest BCUT2D eigenvalue weighted by Gasteiger charge is -2.09. The number of rotatable bonds is 2. The summed E-state index contributed by atoms with van der Waals surface area (Å²) in [4.78, 5) is 0. The van der Waals surface area contributed by atoms with Crippen LogP contribution in [0.2, 0.25) is 0 Å². The summed E-state index contributed by atoms with van der Waals surface area (Å²) in [6.07, 6.45) is 0. The van der Waals surface area contributed by atoms with Crippen molar-refractivity contribution >= 4 is 64.1 Å². The van der Waals surface area contributed by atoms with Crippen molar-refractivity contribution in [3.8, 4) is 11.4 Å². The smallest absolute Gasteiger partial charge is 0.119 e. The molecule has 0 saturated carbocycles. The first kappa shape index (κ1) is 17.8. The summed E-state index contributed by atoms with van der Waals surface area (Å²) in [5, 5.41) is 7.79. The summed E-state index contributed by atoms with van der Waals surface area (Å²) >= 11 is 1.87. The molecule has 0 saturated heterocycles. The molecule has 0 fully saturated rings. The predicted molar refractivity (Wildman–Crippen MR) is 138 cm³/mol. The second-order valence-corrected chi connectivity index (χ2v) is 9.30. The zero-order valence-corrected chi connectivity index (χ0v) is 18.3. The van der Waals surface area contributed by atoms with E-state index < -0.39 is 0 Å². The number of aromatic nitrogens is 1. The van der Waals surface area contributed by atoms with Crippen molar-refractivity contribution in [1.82, 2.24) is 4.57 Å². The second-order valence-electron chi connectivity index (χ2n) is 8.21. The van der Waals surface area contributed by atoms with Crippen LogP contribution in [0.1, 0.15) is 0 Å². The van der Waals surface area contributed by atoms with Gasteiger partial charge in [0.1, 0.15) is 5.75 Å². The maximum Gasteiger partial charge on any atom is 0.119 e. The van der Waals surface area contributed by atoms with Gasteiger partial charge in [0.05, 0.1) is 18.1 Å². The van der Waals surface area contributed by atoms with Crippen LogP contribution in [0.15, 0.2) is 97.1 Å². The van der Waals surface area contributed by atoms with E-state index in [0.717, 1.165) is 11.4 Å². The van der Waals surface area contributed by atoms with Gasteiger partial charge in [-0.15, -0.1) is 11.3 Å². The summed E-state index contributed by atoms with van der Waals surface area (Å²) < 4.78 is 10.4. The number of thiophene rings is 1. The number of methoxy groups -OCH3 is 1. The van der Waals surface area contributed by atoms with E-state index in [2.05, 4.69) is 89.5 Å². The third kappa shape index (κ3) is 2.46. The summed E-state index contributed by atoms with van der Waals surface area (Å²) in [7, 11) is 1.70. The number of para-hydroxylation sites is 1. The van der Waals surface area contributed by atoms with Crippen LogP contribution in [-0.2, 0) is 0 Å². The van der Waals surface area contributed by atoms with E-state index in [4.69, 9.17) is 4.74 Å². The summed E-state index contributed by atoms with van der Waals surface area (Å²) in [6, 6.07) is 35.1. The van der Waals surface area contributed by atoms with Gasteiger partial charge in [0, 0.05) is 36.6 Å². The third-order valence-electron chi connectivity index (χ3n) is 6.46. The Bertz CT molecular complexity index is 1800. The highest BCUT2D eigenvalue weighted by Crippen LogP contribution is 2.39. The van der Waals surface area contributed by atoms with Crippen molar-refractivity contribution in [3.05, 3.63) is 97.1 Å². The molecule has 2 nitrogen and oxygen atoms in total. The van der Waals surface area contributed by atoms with Crippen LogP contribution in [0, 0.1) is 0 Å². The van der Waals surface area contributed by atoms with Crippen molar-refractivity contribution in [2.75, 3.05) is 7.11 Å². The summed E-state index contributed by atoms with van der Waals surface area (Å²) in [5.74, 6) is 0.867. The van der Waals surface area contributed by atoms with Crippen LogP contribution in [0.3, 0.4) is 0 Å². The number of ether oxygens (including phenoxy) is 1. The number of hydrogen-bond acceptors (Lipinski definition) is 2. The van der Waals surface area contributed by atoms with E-state index in [1.165, 1.54) is 52.8 Å². The molecule has 0 N–H and O–H groups in total. The highest BCUT2D eigenvalue weighted by molar-refractivity contribution is 7.25. The fraction of sp³-hybridized carbons (Fsp3) is 0.0345. The topological polar surface area (TPSA) is 14.2 Å². The van der Waals surface area contributed by atoms with Crippen LogP contribution in [-0.4, -0.2) is 11.7 Å². The standard InChI is InChI=1S/C29H19NOS/c1-31-21-12-10-20(11-13-21)30-26-8-4-2-6-22(26)24-14-19-17-29-25(15-18(19)16-27(24)30)23-7-3-5-9-28(23)32-29/h2-17H,1H3. The van der Waals surface area contributed by atoms with E-state index in [-0.39, 0.29) is 0 Å². The Hall–Kier alpha value is -3.82. The molecule has 7 aromatic rings. The number of hydrogen-bond donors (Lipinski definition) is 0. The largest absolute Gasteiger partial charge is 0.497 e. The van der Waals surface area contributed by atoms with E-state index in [1.807, 2.05) is 23.5 Å². The van der Waals surface area contributed by atoms with Gasteiger partial charge in [-0.2, -0.15) is 0 Å². The van der Waals surface area contributed by atoms with Gasteiger partial charge in [0.25, 0.3) is 0 Å². The fourth-order valence-corrected chi connectivity index (χ4v) is 6.08. The Morgan fingerprint density at radius 1 is 0.594 bits per heavy atom. The molecule has 152 valence electrons. The van der Waals surface area contributed by atoms with Gasteiger partial charge in [-0.05, 0) is 71.4 Å². The first-order valence-electron chi connectivity index (χ1n) is 10.7. The molecular weight excluding hydrogens is 410 g/mol. The molecule has 2 heterocycles. The van der Waals surface area contributed by atoms with E-state index in [0.29, 0.717) is 0 Å². The number of nitrogens with zero attached hydrogens (tertiary/aromatic N) is 1. The van der Waals surface area contributed by atoms with Crippen molar-refractivity contribution in [2.24, 2.45) is 0 Å². The molecule has 0 aliphatic rings. The first-order valence-corrected chi connectivity index (χ1v) is 11.5. The van der Waals surface area contributed by atoms with Crippen molar-refractivity contribution in [3.63, 3.8) is 0 Å². The van der Waals surface area contributed by atoms with Crippen LogP contribution in [0.5, 0.6) is 5.75 Å². The maximum atomic E-state index is 5.38. The van der Waals surface area contributed by atoms with Crippen molar-refractivity contribution in [2.45, 2.75) is 0 Å². The molecule has 32 heavy (non-hydrogen) atoms. The molecular formula is C29H19NOS. The quantitative estimate of drug-likeness (QED) is 0.269. The van der Waals surface area contributed by atoms with Gasteiger partial charge < -0.3 is 9.30 Å². The Morgan fingerprint density at radius 2 is 1.31 bits per heavy atom. The Labute approximate surface area is 188 Å². The minimum Gasteiger partial charge on any atom is -0.497 e. The normalized spacial score (nSPS) is 11.9. The van der Waals surface area contributed by atoms with Crippen LogP contribution >= 0.6 is 11.3 Å². The maximum absolute atomic E-state index is 5.38. The zero-order chi connectivity index (χ0) is 21.2. The number of benzene rings is 5. The second kappa shape index (κ2) is 6.59. The van der Waals surface area contributed by atoms with Crippen molar-refractivity contribution < 1.29 is 4.74 Å². The number of fused-ring (bicyclic) bond motifs is 7. The van der Waals surface area contributed by atoms with Crippen LogP contribution in [0.25, 0.3) is 58.4 Å². The molecule has 0 spiro atoms. The summed E-state index contributed by atoms with van der Waals surface area (Å²) in [5.41, 5.74) is 3.58. The SMILES string of the molecule is COc1ccc(-n2c3ccccc3c3cc4cc5sc6ccccc6c5cc4cc32)cc1. The lowest BCUT2D eigenvalue weighted by molar-refractivity contribution is 0.415. The molecule has 0 unspecified atom stereocenters. The van der Waals surface area contributed by atoms with Crippen LogP contribution in [0.4, 0.5) is 0 Å². The lowest BCUT2D eigenvalue weighted by atomic mass is 10.0. The lowest BCUT2D eigenvalue weighted by Crippen LogP contribution is -1.94. The average Bonchev–Trinajstić information content (AvgIpc) is 3.36. The van der Waals surface area contributed by atoms with Gasteiger partial charge in [0.15, 0.2) is 0 Å². The van der Waals surface area contributed by atoms with E-state index in [1.54, 1.807) is 7.11 Å². The third-order valence-corrected chi connectivity index (χ3v) is 7.59. The Morgan fingerprint density at radius 3 is 2.16 bits per heavy atom. The fourth-order valence-electron chi connectivity index (χ4n) is 4.94. The molecule has 2 aromatic heterocycles. The highest BCUT2D eigenvalue weighted by Gasteiger charge is 2.14. The minimum atomic E-state index is 0.867. The van der Waals surface area contributed by atoms with Crippen LogP contribution < -0.4 is 4.74 Å². The van der Waals surface area contributed by atoms with Crippen molar-refractivity contribution in [1.29, 1.82) is 0 Å². The van der Waals surface area contributed by atoms with Gasteiger partial charge in [-0.1, -0.05) is 36.4 Å². The molecule has 0 atom stereocenters. The molecule has 3 heteroatoms. The Balaban J connectivity index is 1.60.